The molecule has 3 N–H and O–H groups in total. The van der Waals surface area contributed by atoms with Crippen molar-refractivity contribution in [1.29, 1.82) is 0 Å². The molecule has 0 radical (unpaired) electrons. The van der Waals surface area contributed by atoms with Crippen LogP contribution in [0.1, 0.15) is 33.5 Å². The molecule has 0 unspecified atom stereocenters. The molecule has 1 fully saturated rings. The van der Waals surface area contributed by atoms with Crippen LogP contribution in [0.5, 0.6) is 0 Å². The van der Waals surface area contributed by atoms with E-state index in [1.165, 1.54) is 18.3 Å². The van der Waals surface area contributed by atoms with E-state index < -0.39 is 0 Å². The number of anilines is 1. The summed E-state index contributed by atoms with van der Waals surface area (Å²) in [4.78, 5) is 39.4. The predicted molar refractivity (Wildman–Crippen MR) is 120 cm³/mol. The molecule has 1 aromatic carbocycles. The summed E-state index contributed by atoms with van der Waals surface area (Å²) in [6.07, 6.45) is 0.431. The molecule has 31 heavy (non-hydrogen) atoms. The Morgan fingerprint density at radius 2 is 1.87 bits per heavy atom. The minimum absolute atomic E-state index is 0.0297. The molecule has 0 bridgehead atoms. The number of thiophene rings is 1. The highest BCUT2D eigenvalue weighted by Gasteiger charge is 2.13. The second-order valence-corrected chi connectivity index (χ2v) is 8.48. The summed E-state index contributed by atoms with van der Waals surface area (Å²) in [6.45, 7) is 6.12. The van der Waals surface area contributed by atoms with E-state index in [0.717, 1.165) is 43.3 Å². The van der Waals surface area contributed by atoms with Gasteiger partial charge in [0.1, 0.15) is 0 Å². The van der Waals surface area contributed by atoms with Crippen molar-refractivity contribution in [2.75, 3.05) is 38.2 Å². The summed E-state index contributed by atoms with van der Waals surface area (Å²) in [5.41, 5.74) is 1.61. The van der Waals surface area contributed by atoms with Gasteiger partial charge in [-0.25, -0.2) is 0 Å². The van der Waals surface area contributed by atoms with Crippen LogP contribution in [-0.2, 0) is 27.4 Å². The van der Waals surface area contributed by atoms with Gasteiger partial charge in [0.25, 0.3) is 5.91 Å². The highest BCUT2D eigenvalue weighted by atomic mass is 32.1. The number of rotatable bonds is 9. The molecular weight excluding hydrogens is 416 g/mol. The van der Waals surface area contributed by atoms with Crippen LogP contribution in [0.3, 0.4) is 0 Å². The molecule has 9 heteroatoms. The van der Waals surface area contributed by atoms with Crippen molar-refractivity contribution in [2.24, 2.45) is 0 Å². The van der Waals surface area contributed by atoms with E-state index in [0.29, 0.717) is 30.1 Å². The van der Waals surface area contributed by atoms with Gasteiger partial charge in [-0.1, -0.05) is 12.1 Å². The molecule has 3 amide bonds. The fourth-order valence-electron chi connectivity index (χ4n) is 3.14. The van der Waals surface area contributed by atoms with Crippen molar-refractivity contribution in [2.45, 2.75) is 26.4 Å². The Balaban J connectivity index is 1.44. The summed E-state index contributed by atoms with van der Waals surface area (Å²) in [6, 6.07) is 11.1. The number of morpholine rings is 1. The Hall–Kier alpha value is -2.75. The van der Waals surface area contributed by atoms with E-state index in [1.807, 2.05) is 30.3 Å². The molecule has 166 valence electrons. The lowest BCUT2D eigenvalue weighted by molar-refractivity contribution is -0.119. The highest BCUT2D eigenvalue weighted by Crippen LogP contribution is 2.17. The number of benzene rings is 1. The molecule has 1 aliphatic rings. The standard InChI is InChI=1S/C22H28N4O4S/c1-16(27)23-15-19-5-6-20(31-19)22(29)24-14-17-3-2-4-18(13-17)25-21(28)7-8-26-9-11-30-12-10-26/h2-6,13H,7-12,14-15H2,1H3,(H,23,27)(H,24,29)(H,25,28). The normalized spacial score (nSPS) is 14.1. The van der Waals surface area contributed by atoms with E-state index in [9.17, 15) is 14.4 Å². The van der Waals surface area contributed by atoms with Crippen LogP contribution in [0, 0.1) is 0 Å². The molecule has 0 atom stereocenters. The molecule has 3 rings (SSSR count). The van der Waals surface area contributed by atoms with E-state index >= 15 is 0 Å². The Morgan fingerprint density at radius 3 is 2.65 bits per heavy atom. The van der Waals surface area contributed by atoms with Gasteiger partial charge in [-0.2, -0.15) is 0 Å². The first-order valence-corrected chi connectivity index (χ1v) is 11.1. The third-order valence-electron chi connectivity index (χ3n) is 4.82. The Kier molecular flexibility index (Phi) is 8.57. The maximum Gasteiger partial charge on any atom is 0.261 e. The Bertz CT molecular complexity index is 908. The van der Waals surface area contributed by atoms with Crippen molar-refractivity contribution < 1.29 is 19.1 Å². The smallest absolute Gasteiger partial charge is 0.261 e. The molecule has 1 aliphatic heterocycles. The zero-order valence-electron chi connectivity index (χ0n) is 17.6. The van der Waals surface area contributed by atoms with Gasteiger partial charge < -0.3 is 20.7 Å². The molecule has 1 saturated heterocycles. The topological polar surface area (TPSA) is 99.8 Å². The van der Waals surface area contributed by atoms with Gasteiger partial charge in [0.05, 0.1) is 24.6 Å². The quantitative estimate of drug-likeness (QED) is 0.549. The SMILES string of the molecule is CC(=O)NCc1ccc(C(=O)NCc2cccc(NC(=O)CCN3CCOCC3)c2)s1. The van der Waals surface area contributed by atoms with Crippen LogP contribution in [0.15, 0.2) is 36.4 Å². The van der Waals surface area contributed by atoms with Gasteiger partial charge in [-0.05, 0) is 29.8 Å². The number of carbonyl (C=O) groups is 3. The summed E-state index contributed by atoms with van der Waals surface area (Å²) >= 11 is 1.35. The van der Waals surface area contributed by atoms with Gasteiger partial charge in [0, 0.05) is 50.1 Å². The largest absolute Gasteiger partial charge is 0.379 e. The van der Waals surface area contributed by atoms with Crippen LogP contribution >= 0.6 is 11.3 Å². The van der Waals surface area contributed by atoms with Crippen LogP contribution in [-0.4, -0.2) is 55.5 Å². The van der Waals surface area contributed by atoms with Crippen molar-refractivity contribution in [3.8, 4) is 0 Å². The van der Waals surface area contributed by atoms with Crippen molar-refractivity contribution in [1.82, 2.24) is 15.5 Å². The molecule has 0 saturated carbocycles. The summed E-state index contributed by atoms with van der Waals surface area (Å²) < 4.78 is 5.32. The number of ether oxygens (including phenoxy) is 1. The highest BCUT2D eigenvalue weighted by molar-refractivity contribution is 7.14. The van der Waals surface area contributed by atoms with E-state index in [4.69, 9.17) is 4.74 Å². The molecule has 1 aromatic heterocycles. The van der Waals surface area contributed by atoms with Crippen LogP contribution < -0.4 is 16.0 Å². The number of hydrogen-bond donors (Lipinski definition) is 3. The summed E-state index contributed by atoms with van der Waals surface area (Å²) in [7, 11) is 0. The lowest BCUT2D eigenvalue weighted by atomic mass is 10.2. The fraction of sp³-hybridized carbons (Fsp3) is 0.409. The zero-order chi connectivity index (χ0) is 22.1. The lowest BCUT2D eigenvalue weighted by Crippen LogP contribution is -2.38. The Morgan fingerprint density at radius 1 is 1.06 bits per heavy atom. The first-order valence-electron chi connectivity index (χ1n) is 10.3. The first kappa shape index (κ1) is 22.9. The lowest BCUT2D eigenvalue weighted by Gasteiger charge is -2.26. The van der Waals surface area contributed by atoms with Gasteiger partial charge in [-0.3, -0.25) is 19.3 Å². The average Bonchev–Trinajstić information content (AvgIpc) is 3.25. The molecule has 2 aromatic rings. The van der Waals surface area contributed by atoms with Gasteiger partial charge >= 0.3 is 0 Å². The second kappa shape index (κ2) is 11.6. The minimum atomic E-state index is -0.168. The number of amides is 3. The van der Waals surface area contributed by atoms with Crippen molar-refractivity contribution in [3.05, 3.63) is 51.7 Å². The fourth-order valence-corrected chi connectivity index (χ4v) is 4.01. The van der Waals surface area contributed by atoms with Crippen molar-refractivity contribution in [3.63, 3.8) is 0 Å². The molecule has 0 spiro atoms. The number of carbonyl (C=O) groups excluding carboxylic acids is 3. The van der Waals surface area contributed by atoms with Crippen LogP contribution in [0.2, 0.25) is 0 Å². The predicted octanol–water partition coefficient (Wildman–Crippen LogP) is 1.97. The third-order valence-corrected chi connectivity index (χ3v) is 5.90. The summed E-state index contributed by atoms with van der Waals surface area (Å²) in [5, 5.41) is 8.54. The monoisotopic (exact) mass is 444 g/mol. The number of nitrogens with one attached hydrogen (secondary N) is 3. The van der Waals surface area contributed by atoms with Gasteiger partial charge in [0.15, 0.2) is 0 Å². The second-order valence-electron chi connectivity index (χ2n) is 7.31. The first-order chi connectivity index (χ1) is 15.0. The third kappa shape index (κ3) is 7.78. The van der Waals surface area contributed by atoms with Crippen LogP contribution in [0.4, 0.5) is 5.69 Å². The average molecular weight is 445 g/mol. The summed E-state index contributed by atoms with van der Waals surface area (Å²) in [5.74, 6) is -0.301. The molecule has 8 nitrogen and oxygen atoms in total. The van der Waals surface area contributed by atoms with Crippen molar-refractivity contribution >= 4 is 34.7 Å². The van der Waals surface area contributed by atoms with E-state index in [2.05, 4.69) is 20.9 Å². The zero-order valence-corrected chi connectivity index (χ0v) is 18.4. The van der Waals surface area contributed by atoms with Crippen LogP contribution in [0.25, 0.3) is 0 Å². The molecule has 2 heterocycles. The molecular formula is C22H28N4O4S. The van der Waals surface area contributed by atoms with E-state index in [-0.39, 0.29) is 17.7 Å². The minimum Gasteiger partial charge on any atom is -0.379 e. The van der Waals surface area contributed by atoms with E-state index in [1.54, 1.807) is 6.07 Å². The maximum atomic E-state index is 12.4. The molecule has 0 aliphatic carbocycles. The van der Waals surface area contributed by atoms with Gasteiger partial charge in [0.2, 0.25) is 11.8 Å². The van der Waals surface area contributed by atoms with Gasteiger partial charge in [-0.15, -0.1) is 11.3 Å². The maximum absolute atomic E-state index is 12.4. The Labute approximate surface area is 186 Å². The number of nitrogens with zero attached hydrogens (tertiary/aromatic N) is 1. The number of hydrogen-bond acceptors (Lipinski definition) is 6.